The lowest BCUT2D eigenvalue weighted by Crippen LogP contribution is -2.33. The van der Waals surface area contributed by atoms with Crippen molar-refractivity contribution in [2.45, 2.75) is 31.8 Å². The summed E-state index contributed by atoms with van der Waals surface area (Å²) in [7, 11) is 1.78. The summed E-state index contributed by atoms with van der Waals surface area (Å²) in [6, 6.07) is 4.17. The van der Waals surface area contributed by atoms with E-state index < -0.39 is 0 Å². The van der Waals surface area contributed by atoms with Crippen molar-refractivity contribution in [2.75, 3.05) is 13.7 Å². The van der Waals surface area contributed by atoms with Crippen molar-refractivity contribution in [1.82, 2.24) is 4.90 Å². The van der Waals surface area contributed by atoms with E-state index in [9.17, 15) is 9.18 Å². The molecule has 2 rings (SSSR count). The smallest absolute Gasteiger partial charge is 0.260 e. The Bertz CT molecular complexity index is 473. The van der Waals surface area contributed by atoms with Gasteiger partial charge in [-0.05, 0) is 38.0 Å². The van der Waals surface area contributed by atoms with Crippen LogP contribution in [0.2, 0.25) is 0 Å². The Morgan fingerprint density at radius 2 is 2.26 bits per heavy atom. The molecule has 0 bridgehead atoms. The monoisotopic (exact) mass is 266 g/mol. The van der Waals surface area contributed by atoms with Gasteiger partial charge < -0.3 is 15.4 Å². The van der Waals surface area contributed by atoms with Crippen LogP contribution in [0.4, 0.5) is 4.39 Å². The molecule has 1 amide bonds. The van der Waals surface area contributed by atoms with Crippen LogP contribution in [0.15, 0.2) is 18.2 Å². The zero-order chi connectivity index (χ0) is 14.0. The molecule has 1 aromatic carbocycles. The highest BCUT2D eigenvalue weighted by atomic mass is 19.1. The van der Waals surface area contributed by atoms with Gasteiger partial charge in [0.05, 0.1) is 0 Å². The van der Waals surface area contributed by atoms with E-state index in [0.29, 0.717) is 17.4 Å². The van der Waals surface area contributed by atoms with E-state index in [1.165, 1.54) is 18.2 Å². The summed E-state index contributed by atoms with van der Waals surface area (Å²) in [4.78, 5) is 13.5. The molecule has 0 spiro atoms. The van der Waals surface area contributed by atoms with Gasteiger partial charge in [-0.2, -0.15) is 0 Å². The Morgan fingerprint density at radius 3 is 2.84 bits per heavy atom. The first-order valence-electron chi connectivity index (χ1n) is 6.42. The van der Waals surface area contributed by atoms with Gasteiger partial charge in [0.15, 0.2) is 6.61 Å². The van der Waals surface area contributed by atoms with Gasteiger partial charge in [0.2, 0.25) is 0 Å². The summed E-state index contributed by atoms with van der Waals surface area (Å²) < 4.78 is 18.6. The first-order valence-corrected chi connectivity index (χ1v) is 6.42. The van der Waals surface area contributed by atoms with Crippen LogP contribution < -0.4 is 10.5 Å². The van der Waals surface area contributed by atoms with E-state index in [-0.39, 0.29) is 24.4 Å². The molecule has 1 fully saturated rings. The number of hydrogen-bond acceptors (Lipinski definition) is 3. The standard InChI is InChI=1S/C14H19FN2O2/c1-9(16)12-7-10(15)3-6-13(12)19-8-14(18)17(2)11-4-5-11/h3,6-7,9,11H,4-5,8,16H2,1-2H3. The molecule has 1 aliphatic carbocycles. The minimum Gasteiger partial charge on any atom is -0.483 e. The number of nitrogens with two attached hydrogens (primary N) is 1. The quantitative estimate of drug-likeness (QED) is 0.884. The lowest BCUT2D eigenvalue weighted by Gasteiger charge is -2.18. The second kappa shape index (κ2) is 5.57. The molecule has 1 atom stereocenters. The van der Waals surface area contributed by atoms with Crippen molar-refractivity contribution < 1.29 is 13.9 Å². The van der Waals surface area contributed by atoms with Crippen molar-refractivity contribution in [3.8, 4) is 5.75 Å². The van der Waals surface area contributed by atoms with Gasteiger partial charge in [-0.25, -0.2) is 4.39 Å². The molecule has 19 heavy (non-hydrogen) atoms. The summed E-state index contributed by atoms with van der Waals surface area (Å²) in [6.07, 6.45) is 2.12. The van der Waals surface area contributed by atoms with Crippen LogP contribution in [-0.2, 0) is 4.79 Å². The van der Waals surface area contributed by atoms with Crippen LogP contribution in [0.5, 0.6) is 5.75 Å². The predicted octanol–water partition coefficient (Wildman–Crippen LogP) is 1.85. The number of rotatable bonds is 5. The van der Waals surface area contributed by atoms with Crippen molar-refractivity contribution in [3.05, 3.63) is 29.6 Å². The third-order valence-electron chi connectivity index (χ3n) is 3.30. The normalized spacial score (nSPS) is 16.0. The third-order valence-corrected chi connectivity index (χ3v) is 3.30. The minimum atomic E-state index is -0.360. The van der Waals surface area contributed by atoms with E-state index in [1.807, 2.05) is 0 Å². The molecule has 0 heterocycles. The van der Waals surface area contributed by atoms with Gasteiger partial charge >= 0.3 is 0 Å². The molecule has 5 heteroatoms. The van der Waals surface area contributed by atoms with E-state index in [0.717, 1.165) is 12.8 Å². The summed E-state index contributed by atoms with van der Waals surface area (Å²) in [6.45, 7) is 1.71. The Hall–Kier alpha value is -1.62. The number of carbonyl (C=O) groups excluding carboxylic acids is 1. The first-order chi connectivity index (χ1) is 8.99. The Labute approximate surface area is 112 Å². The lowest BCUT2D eigenvalue weighted by atomic mass is 10.1. The van der Waals surface area contributed by atoms with Gasteiger partial charge in [-0.15, -0.1) is 0 Å². The van der Waals surface area contributed by atoms with Crippen LogP contribution >= 0.6 is 0 Å². The number of ether oxygens (including phenoxy) is 1. The van der Waals surface area contributed by atoms with E-state index in [4.69, 9.17) is 10.5 Å². The first kappa shape index (κ1) is 13.8. The molecule has 1 unspecified atom stereocenters. The van der Waals surface area contributed by atoms with E-state index in [1.54, 1.807) is 18.9 Å². The Morgan fingerprint density at radius 1 is 1.58 bits per heavy atom. The zero-order valence-electron chi connectivity index (χ0n) is 11.2. The van der Waals surface area contributed by atoms with E-state index in [2.05, 4.69) is 0 Å². The SMILES string of the molecule is CC(N)c1cc(F)ccc1OCC(=O)N(C)C1CC1. The summed E-state index contributed by atoms with van der Waals surface area (Å²) in [5.74, 6) is 0.0393. The number of halogens is 1. The number of benzene rings is 1. The number of amides is 1. The summed E-state index contributed by atoms with van der Waals surface area (Å²) in [5, 5.41) is 0. The zero-order valence-corrected chi connectivity index (χ0v) is 11.2. The fourth-order valence-electron chi connectivity index (χ4n) is 1.91. The molecule has 0 saturated heterocycles. The molecule has 4 nitrogen and oxygen atoms in total. The topological polar surface area (TPSA) is 55.6 Å². The molecule has 1 aromatic rings. The molecule has 0 radical (unpaired) electrons. The fourth-order valence-corrected chi connectivity index (χ4v) is 1.91. The Balaban J connectivity index is 2.00. The van der Waals surface area contributed by atoms with Crippen LogP contribution in [0.3, 0.4) is 0 Å². The van der Waals surface area contributed by atoms with Gasteiger partial charge in [-0.3, -0.25) is 4.79 Å². The van der Waals surface area contributed by atoms with Gasteiger partial charge in [0.1, 0.15) is 11.6 Å². The third kappa shape index (κ3) is 3.44. The second-order valence-electron chi connectivity index (χ2n) is 5.00. The largest absolute Gasteiger partial charge is 0.483 e. The van der Waals surface area contributed by atoms with Crippen LogP contribution in [0.25, 0.3) is 0 Å². The molecule has 1 aliphatic rings. The minimum absolute atomic E-state index is 0.0433. The van der Waals surface area contributed by atoms with Crippen LogP contribution in [0, 0.1) is 5.82 Å². The molecule has 0 aliphatic heterocycles. The van der Waals surface area contributed by atoms with Crippen LogP contribution in [-0.4, -0.2) is 30.5 Å². The summed E-state index contributed by atoms with van der Waals surface area (Å²) in [5.41, 5.74) is 6.34. The number of likely N-dealkylation sites (N-methyl/N-ethyl adjacent to an activating group) is 1. The molecule has 2 N–H and O–H groups in total. The fraction of sp³-hybridized carbons (Fsp3) is 0.500. The molecular formula is C14H19FN2O2. The molecule has 0 aromatic heterocycles. The molecule has 104 valence electrons. The average Bonchev–Trinajstić information content (AvgIpc) is 3.20. The average molecular weight is 266 g/mol. The Kier molecular flexibility index (Phi) is 4.04. The highest BCUT2D eigenvalue weighted by Gasteiger charge is 2.29. The van der Waals surface area contributed by atoms with Crippen molar-refractivity contribution >= 4 is 5.91 Å². The number of carbonyl (C=O) groups is 1. The van der Waals surface area contributed by atoms with Gasteiger partial charge in [0.25, 0.3) is 5.91 Å². The predicted molar refractivity (Wildman–Crippen MR) is 70.3 cm³/mol. The van der Waals surface area contributed by atoms with Crippen LogP contribution in [0.1, 0.15) is 31.4 Å². The molecule has 1 saturated carbocycles. The van der Waals surface area contributed by atoms with Crippen molar-refractivity contribution in [3.63, 3.8) is 0 Å². The van der Waals surface area contributed by atoms with Crippen molar-refractivity contribution in [2.24, 2.45) is 5.73 Å². The maximum absolute atomic E-state index is 13.2. The summed E-state index contributed by atoms with van der Waals surface area (Å²) >= 11 is 0. The van der Waals surface area contributed by atoms with Crippen molar-refractivity contribution in [1.29, 1.82) is 0 Å². The van der Waals surface area contributed by atoms with Gasteiger partial charge in [-0.1, -0.05) is 0 Å². The lowest BCUT2D eigenvalue weighted by molar-refractivity contribution is -0.132. The number of hydrogen-bond donors (Lipinski definition) is 1. The maximum Gasteiger partial charge on any atom is 0.260 e. The van der Waals surface area contributed by atoms with Gasteiger partial charge in [0, 0.05) is 24.7 Å². The number of nitrogens with zero attached hydrogens (tertiary/aromatic N) is 1. The second-order valence-corrected chi connectivity index (χ2v) is 5.00. The van der Waals surface area contributed by atoms with E-state index >= 15 is 0 Å². The highest BCUT2D eigenvalue weighted by molar-refractivity contribution is 5.78. The molecular weight excluding hydrogens is 247 g/mol. The highest BCUT2D eigenvalue weighted by Crippen LogP contribution is 2.27. The maximum atomic E-state index is 13.2.